The van der Waals surface area contributed by atoms with Gasteiger partial charge in [-0.2, -0.15) is 18.2 Å². The minimum Gasteiger partial charge on any atom is -0.347 e. The molecule has 5 aromatic rings. The molecule has 5 nitrogen and oxygen atoms in total. The average Bonchev–Trinajstić information content (AvgIpc) is 3.50. The highest BCUT2D eigenvalue weighted by Gasteiger charge is 2.35. The molecule has 2 aromatic heterocycles. The highest BCUT2D eigenvalue weighted by Crippen LogP contribution is 2.40. The van der Waals surface area contributed by atoms with Crippen LogP contribution in [0.3, 0.4) is 0 Å². The molecule has 176 valence electrons. The summed E-state index contributed by atoms with van der Waals surface area (Å²) in [5.74, 6) is -0.632. The summed E-state index contributed by atoms with van der Waals surface area (Å²) in [6, 6.07) is 16.1. The zero-order valence-electron chi connectivity index (χ0n) is 18.1. The molecule has 5 rings (SSSR count). The van der Waals surface area contributed by atoms with Gasteiger partial charge in [-0.05, 0) is 35.9 Å². The number of aromatic nitrogens is 3. The van der Waals surface area contributed by atoms with Crippen molar-refractivity contribution >= 4 is 17.2 Å². The van der Waals surface area contributed by atoms with E-state index in [1.165, 1.54) is 30.3 Å². The standard InChI is InChI=1S/C26H17F4N3O2/c27-22-7-2-1-5-18(22)17-10-9-16(15-21(17)26(28,29)30)25-31-24(32-35-25)20-6-3-8-23-19(20)11-13-33(23)12-4-14-34/h1-3,5-11,13-15H,4,12H2. The Hall–Kier alpha value is -4.27. The van der Waals surface area contributed by atoms with Crippen molar-refractivity contribution in [1.29, 1.82) is 0 Å². The molecule has 0 fully saturated rings. The molecule has 0 bridgehead atoms. The predicted molar refractivity (Wildman–Crippen MR) is 122 cm³/mol. The number of hydrogen-bond donors (Lipinski definition) is 0. The number of fused-ring (bicyclic) bond motifs is 1. The minimum atomic E-state index is -4.73. The van der Waals surface area contributed by atoms with Crippen LogP contribution in [0.1, 0.15) is 12.0 Å². The topological polar surface area (TPSA) is 60.9 Å². The Morgan fingerprint density at radius 2 is 1.74 bits per heavy atom. The molecule has 0 N–H and O–H groups in total. The average molecular weight is 479 g/mol. The fraction of sp³-hybridized carbons (Fsp3) is 0.115. The molecule has 0 atom stereocenters. The van der Waals surface area contributed by atoms with Gasteiger partial charge in [-0.1, -0.05) is 41.6 Å². The van der Waals surface area contributed by atoms with E-state index in [1.807, 2.05) is 22.9 Å². The van der Waals surface area contributed by atoms with E-state index in [9.17, 15) is 22.4 Å². The Labute approximate surface area is 196 Å². The first kappa shape index (κ1) is 22.5. The number of rotatable bonds is 6. The van der Waals surface area contributed by atoms with E-state index in [1.54, 1.807) is 12.1 Å². The maximum absolute atomic E-state index is 14.2. The van der Waals surface area contributed by atoms with E-state index in [4.69, 9.17) is 4.52 Å². The SMILES string of the molecule is O=CCCn1ccc2c(-c3noc(-c4ccc(-c5ccccc5F)c(C(F)(F)F)c4)n3)cccc21. The van der Waals surface area contributed by atoms with Gasteiger partial charge in [0.25, 0.3) is 5.89 Å². The fourth-order valence-corrected chi connectivity index (χ4v) is 4.08. The zero-order valence-corrected chi connectivity index (χ0v) is 18.1. The minimum absolute atomic E-state index is 0.0619. The largest absolute Gasteiger partial charge is 0.417 e. The van der Waals surface area contributed by atoms with Gasteiger partial charge in [0.05, 0.1) is 5.56 Å². The van der Waals surface area contributed by atoms with Crippen molar-refractivity contribution in [2.75, 3.05) is 0 Å². The monoisotopic (exact) mass is 479 g/mol. The maximum Gasteiger partial charge on any atom is 0.417 e. The third kappa shape index (κ3) is 4.21. The van der Waals surface area contributed by atoms with Gasteiger partial charge in [0.15, 0.2) is 0 Å². The van der Waals surface area contributed by atoms with Crippen LogP contribution in [0.4, 0.5) is 17.6 Å². The van der Waals surface area contributed by atoms with E-state index in [-0.39, 0.29) is 28.4 Å². The Balaban J connectivity index is 1.56. The van der Waals surface area contributed by atoms with Gasteiger partial charge in [-0.3, -0.25) is 0 Å². The molecule has 0 radical (unpaired) electrons. The van der Waals surface area contributed by atoms with Crippen molar-refractivity contribution in [2.24, 2.45) is 0 Å². The van der Waals surface area contributed by atoms with Gasteiger partial charge >= 0.3 is 6.18 Å². The number of aryl methyl sites for hydroxylation is 1. The number of hydrogen-bond acceptors (Lipinski definition) is 4. The second-order valence-electron chi connectivity index (χ2n) is 7.86. The molecule has 35 heavy (non-hydrogen) atoms. The fourth-order valence-electron chi connectivity index (χ4n) is 4.08. The van der Waals surface area contributed by atoms with Crippen molar-refractivity contribution in [3.05, 3.63) is 84.3 Å². The predicted octanol–water partition coefficient (Wildman–Crippen LogP) is 6.77. The molecule has 0 unspecified atom stereocenters. The van der Waals surface area contributed by atoms with E-state index in [0.717, 1.165) is 29.3 Å². The molecular formula is C26H17F4N3O2. The van der Waals surface area contributed by atoms with Gasteiger partial charge in [-0.15, -0.1) is 0 Å². The first-order valence-electron chi connectivity index (χ1n) is 10.7. The van der Waals surface area contributed by atoms with Crippen molar-refractivity contribution in [3.63, 3.8) is 0 Å². The van der Waals surface area contributed by atoms with Crippen LogP contribution >= 0.6 is 0 Å². The van der Waals surface area contributed by atoms with Gasteiger partial charge in [0, 0.05) is 46.8 Å². The number of nitrogens with zero attached hydrogens (tertiary/aromatic N) is 3. The van der Waals surface area contributed by atoms with Gasteiger partial charge < -0.3 is 13.9 Å². The number of halogens is 4. The summed E-state index contributed by atoms with van der Waals surface area (Å²) >= 11 is 0. The highest BCUT2D eigenvalue weighted by atomic mass is 19.4. The van der Waals surface area contributed by atoms with Gasteiger partial charge in [0.2, 0.25) is 5.82 Å². The molecule has 0 amide bonds. The summed E-state index contributed by atoms with van der Waals surface area (Å²) < 4.78 is 63.1. The Morgan fingerprint density at radius 3 is 2.51 bits per heavy atom. The molecule has 0 aliphatic carbocycles. The maximum atomic E-state index is 14.2. The zero-order chi connectivity index (χ0) is 24.6. The van der Waals surface area contributed by atoms with Crippen molar-refractivity contribution in [2.45, 2.75) is 19.1 Å². The molecule has 3 aromatic carbocycles. The summed E-state index contributed by atoms with van der Waals surface area (Å²) in [6.45, 7) is 0.516. The van der Waals surface area contributed by atoms with Crippen molar-refractivity contribution in [1.82, 2.24) is 14.7 Å². The molecule has 2 heterocycles. The smallest absolute Gasteiger partial charge is 0.347 e. The van der Waals surface area contributed by atoms with Crippen LogP contribution in [-0.2, 0) is 17.5 Å². The van der Waals surface area contributed by atoms with Gasteiger partial charge in [0.1, 0.15) is 12.1 Å². The highest BCUT2D eigenvalue weighted by molar-refractivity contribution is 5.94. The third-order valence-electron chi connectivity index (χ3n) is 5.70. The summed E-state index contributed by atoms with van der Waals surface area (Å²) in [6.07, 6.45) is -1.68. The van der Waals surface area contributed by atoms with E-state index >= 15 is 0 Å². The molecule has 0 saturated carbocycles. The van der Waals surface area contributed by atoms with E-state index in [2.05, 4.69) is 10.1 Å². The van der Waals surface area contributed by atoms with Gasteiger partial charge in [-0.25, -0.2) is 4.39 Å². The number of carbonyl (C=O) groups is 1. The lowest BCUT2D eigenvalue weighted by atomic mass is 9.96. The number of alkyl halides is 3. The summed E-state index contributed by atoms with van der Waals surface area (Å²) in [5.41, 5.74) is 0.135. The number of carbonyl (C=O) groups excluding carboxylic acids is 1. The molecular weight excluding hydrogens is 462 g/mol. The summed E-state index contributed by atoms with van der Waals surface area (Å²) in [5, 5.41) is 4.79. The first-order chi connectivity index (χ1) is 16.9. The third-order valence-corrected chi connectivity index (χ3v) is 5.70. The normalized spacial score (nSPS) is 11.8. The van der Waals surface area contributed by atoms with Crippen LogP contribution in [0.25, 0.3) is 44.9 Å². The molecule has 0 aliphatic heterocycles. The molecule has 0 spiro atoms. The lowest BCUT2D eigenvalue weighted by Crippen LogP contribution is -2.08. The van der Waals surface area contributed by atoms with Crippen LogP contribution < -0.4 is 0 Å². The molecule has 9 heteroatoms. The van der Waals surface area contributed by atoms with Crippen molar-refractivity contribution in [3.8, 4) is 34.0 Å². The second kappa shape index (κ2) is 8.83. The van der Waals surface area contributed by atoms with E-state index < -0.39 is 17.6 Å². The van der Waals surface area contributed by atoms with Crippen LogP contribution in [0.5, 0.6) is 0 Å². The second-order valence-corrected chi connectivity index (χ2v) is 7.86. The van der Waals surface area contributed by atoms with Crippen molar-refractivity contribution < 1.29 is 26.9 Å². The lowest BCUT2D eigenvalue weighted by molar-refractivity contribution is -0.137. The quantitative estimate of drug-likeness (QED) is 0.199. The molecule has 0 aliphatic rings. The lowest BCUT2D eigenvalue weighted by Gasteiger charge is -2.14. The molecule has 0 saturated heterocycles. The number of aldehydes is 1. The summed E-state index contributed by atoms with van der Waals surface area (Å²) in [4.78, 5) is 15.1. The van der Waals surface area contributed by atoms with Crippen LogP contribution in [0, 0.1) is 5.82 Å². The number of benzene rings is 3. The van der Waals surface area contributed by atoms with Crippen LogP contribution in [0.2, 0.25) is 0 Å². The first-order valence-corrected chi connectivity index (χ1v) is 10.7. The van der Waals surface area contributed by atoms with E-state index in [0.29, 0.717) is 18.5 Å². The Morgan fingerprint density at radius 1 is 0.943 bits per heavy atom. The Bertz CT molecular complexity index is 1540. The summed E-state index contributed by atoms with van der Waals surface area (Å²) in [7, 11) is 0. The Kier molecular flexibility index (Phi) is 5.68. The van der Waals surface area contributed by atoms with Crippen LogP contribution in [0.15, 0.2) is 77.4 Å². The van der Waals surface area contributed by atoms with Crippen LogP contribution in [-0.4, -0.2) is 21.0 Å².